The fourth-order valence-corrected chi connectivity index (χ4v) is 9.15. The number of nitrogens with one attached hydrogen (secondary N) is 10. The number of benzene rings is 3. The van der Waals surface area contributed by atoms with Crippen LogP contribution in [0.1, 0.15) is 95.4 Å². The Hall–Kier alpha value is -9.36. The fourth-order valence-electron chi connectivity index (χ4n) is 9.15. The molecule has 26 nitrogen and oxygen atoms in total. The number of primary amides is 1. The summed E-state index contributed by atoms with van der Waals surface area (Å²) in [6, 6.07) is 10.9. The number of aliphatic imine (C=N–C) groups is 1. The number of aromatic amines is 2. The zero-order valence-electron chi connectivity index (χ0n) is 46.2. The van der Waals surface area contributed by atoms with Gasteiger partial charge in [0.2, 0.25) is 53.2 Å². The molecule has 0 spiro atoms. The van der Waals surface area contributed by atoms with Crippen molar-refractivity contribution in [1.29, 1.82) is 0 Å². The number of nitrogens with zero attached hydrogens (tertiary/aromatic N) is 2. The van der Waals surface area contributed by atoms with E-state index in [4.69, 9.17) is 27.1 Å². The highest BCUT2D eigenvalue weighted by Crippen LogP contribution is 2.21. The van der Waals surface area contributed by atoms with E-state index in [2.05, 4.69) is 62.5 Å². The molecule has 1 aliphatic rings. The molecule has 0 bridgehead atoms. The average molecular weight is 1130 g/mol. The number of fused-ring (bicyclic) bond motifs is 2. The molecule has 0 aliphatic carbocycles. The SMILES string of the molecule is CC(=O)O.CCCC[C@H](NC(C)=O)C(=O)N[C@H]1CC(=O)NCCCC[C@@H](C(N)=O)NC(=O)[C@H](Cc2c[nH]c3ccccc23)NC(=O)[C@H](CCCN=C(N)N)NC(=O)[C@@H](Cc2ccc3ccccc3c2)NC(=O)[C@H](Cc2cnc[nH]2)NC1=O. The van der Waals surface area contributed by atoms with Crippen LogP contribution in [0, 0.1) is 0 Å². The lowest BCUT2D eigenvalue weighted by Gasteiger charge is -2.28. The molecule has 9 amide bonds. The third-order valence-electron chi connectivity index (χ3n) is 13.3. The van der Waals surface area contributed by atoms with E-state index in [9.17, 15) is 43.2 Å². The van der Waals surface area contributed by atoms with Crippen LogP contribution in [0.5, 0.6) is 0 Å². The third kappa shape index (κ3) is 20.7. The van der Waals surface area contributed by atoms with E-state index in [0.717, 1.165) is 28.6 Å². The normalized spacial score (nSPS) is 20.2. The van der Waals surface area contributed by atoms with Crippen molar-refractivity contribution < 1.29 is 53.1 Å². The summed E-state index contributed by atoms with van der Waals surface area (Å²) >= 11 is 0. The minimum absolute atomic E-state index is 0.0366. The topological polar surface area (TPSA) is 422 Å². The minimum atomic E-state index is -1.59. The Bertz CT molecular complexity index is 3050. The number of carboxylic acid groups (broad SMARTS) is 1. The smallest absolute Gasteiger partial charge is 0.300 e. The first-order valence-electron chi connectivity index (χ1n) is 27.1. The van der Waals surface area contributed by atoms with Gasteiger partial charge in [-0.25, -0.2) is 4.98 Å². The molecule has 82 heavy (non-hydrogen) atoms. The molecule has 6 rings (SSSR count). The van der Waals surface area contributed by atoms with Crippen molar-refractivity contribution in [2.24, 2.45) is 22.2 Å². The maximum absolute atomic E-state index is 15.0. The summed E-state index contributed by atoms with van der Waals surface area (Å²) in [6.45, 7) is 4.33. The number of hydrogen-bond acceptors (Lipinski definition) is 12. The summed E-state index contributed by atoms with van der Waals surface area (Å²) < 4.78 is 0. The Morgan fingerprint density at radius 2 is 1.38 bits per heavy atom. The number of carbonyl (C=O) groups excluding carboxylic acids is 9. The van der Waals surface area contributed by atoms with Crippen LogP contribution < -0.4 is 59.7 Å². The Morgan fingerprint density at radius 1 is 0.744 bits per heavy atom. The number of H-pyrrole nitrogens is 2. The Balaban J connectivity index is 0.00000298. The Kier molecular flexibility index (Phi) is 24.8. The number of guanidine groups is 1. The van der Waals surface area contributed by atoms with Crippen LogP contribution >= 0.6 is 0 Å². The average Bonchev–Trinajstić information content (AvgIpc) is 4.28. The predicted molar refractivity (Wildman–Crippen MR) is 305 cm³/mol. The number of nitrogens with two attached hydrogens (primary N) is 3. The van der Waals surface area contributed by atoms with E-state index in [0.29, 0.717) is 29.7 Å². The van der Waals surface area contributed by atoms with E-state index in [1.54, 1.807) is 12.3 Å². The molecule has 3 heterocycles. The van der Waals surface area contributed by atoms with Crippen LogP contribution in [0.25, 0.3) is 21.7 Å². The number of hydrogen-bond donors (Lipinski definition) is 14. The lowest BCUT2D eigenvalue weighted by atomic mass is 9.99. The number of amides is 9. The second-order valence-corrected chi connectivity index (χ2v) is 19.9. The highest BCUT2D eigenvalue weighted by molar-refractivity contribution is 5.99. The molecule has 0 saturated carbocycles. The van der Waals surface area contributed by atoms with Crippen molar-refractivity contribution >= 4 is 86.8 Å². The summed E-state index contributed by atoms with van der Waals surface area (Å²) in [4.78, 5) is 149. The summed E-state index contributed by atoms with van der Waals surface area (Å²) in [5.41, 5.74) is 19.5. The van der Waals surface area contributed by atoms with Crippen LogP contribution in [0.2, 0.25) is 0 Å². The van der Waals surface area contributed by atoms with Crippen molar-refractivity contribution in [1.82, 2.24) is 57.5 Å². The monoisotopic (exact) mass is 1130 g/mol. The van der Waals surface area contributed by atoms with Crippen molar-refractivity contribution in [3.8, 4) is 0 Å². The van der Waals surface area contributed by atoms with Gasteiger partial charge in [0.05, 0.1) is 12.7 Å². The van der Waals surface area contributed by atoms with Gasteiger partial charge in [0, 0.05) is 75.2 Å². The number of aliphatic carboxylic acids is 1. The Morgan fingerprint density at radius 3 is 2.05 bits per heavy atom. The molecule has 1 fully saturated rings. The minimum Gasteiger partial charge on any atom is -0.481 e. The molecule has 1 saturated heterocycles. The molecule has 1 aliphatic heterocycles. The largest absolute Gasteiger partial charge is 0.481 e. The van der Waals surface area contributed by atoms with Gasteiger partial charge in [0.1, 0.15) is 42.3 Å². The van der Waals surface area contributed by atoms with Crippen LogP contribution in [0.15, 0.2) is 90.4 Å². The summed E-state index contributed by atoms with van der Waals surface area (Å²) in [6.07, 6.45) is 5.65. The van der Waals surface area contributed by atoms with Gasteiger partial charge < -0.3 is 74.8 Å². The van der Waals surface area contributed by atoms with Gasteiger partial charge in [-0.1, -0.05) is 80.4 Å². The lowest BCUT2D eigenvalue weighted by molar-refractivity contribution is -0.136. The maximum atomic E-state index is 15.0. The van der Waals surface area contributed by atoms with Gasteiger partial charge in [-0.15, -0.1) is 0 Å². The number of carbonyl (C=O) groups is 10. The molecule has 0 radical (unpaired) electrons. The number of imidazole rings is 1. The molecule has 5 aromatic rings. The van der Waals surface area contributed by atoms with Gasteiger partial charge in [0.15, 0.2) is 5.96 Å². The molecule has 440 valence electrons. The molecular formula is C56H75N15O11. The first kappa shape index (κ1) is 63.5. The van der Waals surface area contributed by atoms with Gasteiger partial charge in [0.25, 0.3) is 5.97 Å². The zero-order valence-corrected chi connectivity index (χ0v) is 46.2. The van der Waals surface area contributed by atoms with Crippen LogP contribution in [0.3, 0.4) is 0 Å². The van der Waals surface area contributed by atoms with Crippen LogP contribution in [-0.4, -0.2) is 141 Å². The molecule has 26 heteroatoms. The van der Waals surface area contributed by atoms with Crippen molar-refractivity contribution in [3.05, 3.63) is 102 Å². The van der Waals surface area contributed by atoms with Gasteiger partial charge in [-0.05, 0) is 66.5 Å². The van der Waals surface area contributed by atoms with E-state index in [1.165, 1.54) is 19.4 Å². The molecule has 3 aromatic carbocycles. The zero-order chi connectivity index (χ0) is 59.7. The van der Waals surface area contributed by atoms with Gasteiger partial charge in [-0.2, -0.15) is 0 Å². The van der Waals surface area contributed by atoms with E-state index in [-0.39, 0.29) is 76.8 Å². The molecule has 0 unspecified atom stereocenters. The fraction of sp³-hybridized carbons (Fsp3) is 0.429. The lowest BCUT2D eigenvalue weighted by Crippen LogP contribution is -2.61. The third-order valence-corrected chi connectivity index (χ3v) is 13.3. The second kappa shape index (κ2) is 32.0. The highest BCUT2D eigenvalue weighted by atomic mass is 16.4. The first-order chi connectivity index (χ1) is 39.2. The number of unbranched alkanes of at least 4 members (excludes halogenated alkanes) is 1. The van der Waals surface area contributed by atoms with E-state index < -0.39 is 108 Å². The summed E-state index contributed by atoms with van der Waals surface area (Å²) in [5.74, 6) is -7.96. The number of rotatable bonds is 17. The van der Waals surface area contributed by atoms with Crippen molar-refractivity contribution in [3.63, 3.8) is 0 Å². The molecule has 2 aromatic heterocycles. The maximum Gasteiger partial charge on any atom is 0.300 e. The number of carboxylic acids is 1. The van der Waals surface area contributed by atoms with Crippen LogP contribution in [-0.2, 0) is 67.2 Å². The molecule has 7 atom stereocenters. The summed E-state index contributed by atoms with van der Waals surface area (Å²) in [7, 11) is 0. The predicted octanol–water partition coefficient (Wildman–Crippen LogP) is -0.00420. The quantitative estimate of drug-likeness (QED) is 0.0331. The Labute approximate surface area is 473 Å². The molecular weight excluding hydrogens is 1060 g/mol. The van der Waals surface area contributed by atoms with Crippen molar-refractivity contribution in [2.45, 2.75) is 140 Å². The van der Waals surface area contributed by atoms with Crippen LogP contribution in [0.4, 0.5) is 0 Å². The van der Waals surface area contributed by atoms with Gasteiger partial charge in [-0.3, -0.25) is 52.9 Å². The number of aromatic nitrogens is 3. The van der Waals surface area contributed by atoms with E-state index in [1.807, 2.05) is 67.6 Å². The highest BCUT2D eigenvalue weighted by Gasteiger charge is 2.35. The molecule has 17 N–H and O–H groups in total. The number of para-hydroxylation sites is 1. The standard InChI is InChI=1S/C54H71N15O9.C2H4O2/c1-3-4-15-40(63-31(2)70)48(73)69-45-27-46(71)59-21-10-9-17-39(47(55)72)64-51(76)43(25-35-28-61-38-16-8-7-14-37(35)38)67-49(74)41(18-11-22-60-54(56)57)65-50(75)42(24-32-19-20-33-12-5-6-13-34(33)23-32)66-52(77)44(68-53(45)78)26-36-29-58-30-62-36;1-2(3)4/h5-8,12-14,16,19-20,23,28-30,39-45,61H,3-4,9-11,15,17-18,21-22,24-27H2,1-2H3,(H2,55,72)(H,58,62)(H,59,71)(H,63,70)(H,64,76)(H,65,75)(H,66,77)(H,67,74)(H,68,78)(H,69,73)(H4,56,57,60);1H3,(H,3,4)/t39-,40-,41-,42+,43-,44-,45-;/m0./s1. The first-order valence-corrected chi connectivity index (χ1v) is 27.1. The summed E-state index contributed by atoms with van der Waals surface area (Å²) in [5, 5.41) is 31.7. The van der Waals surface area contributed by atoms with E-state index >= 15 is 0 Å². The van der Waals surface area contributed by atoms with Crippen molar-refractivity contribution in [2.75, 3.05) is 13.1 Å². The second-order valence-electron chi connectivity index (χ2n) is 19.9. The van der Waals surface area contributed by atoms with Gasteiger partial charge >= 0.3 is 0 Å².